The predicted octanol–water partition coefficient (Wildman–Crippen LogP) is 4.08. The number of fused-ring (bicyclic) bond motifs is 1. The zero-order valence-electron chi connectivity index (χ0n) is 12.5. The number of ketones is 1. The van der Waals surface area contributed by atoms with Crippen LogP contribution in [0.2, 0.25) is 0 Å². The Morgan fingerprint density at radius 2 is 2.00 bits per heavy atom. The summed E-state index contributed by atoms with van der Waals surface area (Å²) in [6, 6.07) is 11.6. The van der Waals surface area contributed by atoms with Gasteiger partial charge in [-0.05, 0) is 42.8 Å². The molecule has 0 spiro atoms. The Hall–Kier alpha value is -1.94. The van der Waals surface area contributed by atoms with Gasteiger partial charge in [0, 0.05) is 29.8 Å². The summed E-state index contributed by atoms with van der Waals surface area (Å²) in [6.45, 7) is 0.513. The van der Waals surface area contributed by atoms with E-state index in [1.165, 1.54) is 4.88 Å². The smallest absolute Gasteiger partial charge is 0.227 e. The Balaban J connectivity index is 1.56. The number of rotatable bonds is 5. The molecule has 0 fully saturated rings. The molecule has 0 unspecified atom stereocenters. The molecule has 3 nitrogen and oxygen atoms in total. The number of benzene rings is 1. The number of hydrogen-bond donors (Lipinski definition) is 0. The summed E-state index contributed by atoms with van der Waals surface area (Å²) < 4.78 is 0. The third-order valence-electron chi connectivity index (χ3n) is 4.00. The monoisotopic (exact) mass is 313 g/mol. The lowest BCUT2D eigenvalue weighted by Gasteiger charge is -2.28. The molecule has 2 heterocycles. The summed E-state index contributed by atoms with van der Waals surface area (Å²) in [5, 5.41) is 2.09. The van der Waals surface area contributed by atoms with E-state index in [0.717, 1.165) is 24.9 Å². The Kier molecular flexibility index (Phi) is 4.68. The van der Waals surface area contributed by atoms with E-state index < -0.39 is 0 Å². The molecule has 0 saturated carbocycles. The van der Waals surface area contributed by atoms with Crippen LogP contribution in [0.4, 0.5) is 5.69 Å². The van der Waals surface area contributed by atoms with Crippen molar-refractivity contribution in [1.29, 1.82) is 0 Å². The van der Waals surface area contributed by atoms with Crippen LogP contribution in [-0.2, 0) is 11.2 Å². The summed E-state index contributed by atoms with van der Waals surface area (Å²) >= 11 is 1.77. The molecule has 0 bridgehead atoms. The molecule has 0 radical (unpaired) electrons. The van der Waals surface area contributed by atoms with Crippen LogP contribution in [0.1, 0.15) is 40.9 Å². The molecule has 1 aromatic heterocycles. The lowest BCUT2D eigenvalue weighted by molar-refractivity contribution is -0.118. The fourth-order valence-corrected chi connectivity index (χ4v) is 3.59. The first kappa shape index (κ1) is 15.0. The van der Waals surface area contributed by atoms with Gasteiger partial charge >= 0.3 is 0 Å². The van der Waals surface area contributed by atoms with E-state index in [2.05, 4.69) is 17.5 Å². The molecule has 0 N–H and O–H groups in total. The first-order valence-electron chi connectivity index (χ1n) is 7.70. The van der Waals surface area contributed by atoms with E-state index in [-0.39, 0.29) is 11.7 Å². The van der Waals surface area contributed by atoms with E-state index in [1.54, 1.807) is 16.2 Å². The van der Waals surface area contributed by atoms with Gasteiger partial charge in [-0.2, -0.15) is 0 Å². The summed E-state index contributed by atoms with van der Waals surface area (Å²) in [4.78, 5) is 27.5. The topological polar surface area (TPSA) is 37.4 Å². The second-order valence-electron chi connectivity index (χ2n) is 5.52. The Morgan fingerprint density at radius 3 is 2.82 bits per heavy atom. The maximum absolute atomic E-state index is 12.4. The van der Waals surface area contributed by atoms with Crippen molar-refractivity contribution in [2.24, 2.45) is 0 Å². The minimum Gasteiger partial charge on any atom is -0.311 e. The van der Waals surface area contributed by atoms with Gasteiger partial charge in [-0.3, -0.25) is 9.59 Å². The molecule has 3 rings (SSSR count). The molecular weight excluding hydrogens is 294 g/mol. The fourth-order valence-electron chi connectivity index (χ4n) is 2.84. The number of nitrogens with zero attached hydrogens (tertiary/aromatic N) is 1. The van der Waals surface area contributed by atoms with Crippen molar-refractivity contribution in [2.45, 2.75) is 32.1 Å². The molecule has 1 aliphatic rings. The average Bonchev–Trinajstić information content (AvgIpc) is 3.05. The normalized spacial score (nSPS) is 14.0. The van der Waals surface area contributed by atoms with Gasteiger partial charge in [0.2, 0.25) is 5.91 Å². The van der Waals surface area contributed by atoms with Gasteiger partial charge in [0.05, 0.1) is 5.69 Å². The van der Waals surface area contributed by atoms with Gasteiger partial charge in [0.1, 0.15) is 0 Å². The summed E-state index contributed by atoms with van der Waals surface area (Å²) in [7, 11) is 0. The van der Waals surface area contributed by atoms with Gasteiger partial charge in [-0.1, -0.05) is 18.2 Å². The second-order valence-corrected chi connectivity index (χ2v) is 6.55. The molecule has 0 saturated heterocycles. The molecule has 2 aromatic rings. The van der Waals surface area contributed by atoms with Crippen molar-refractivity contribution >= 4 is 28.7 Å². The summed E-state index contributed by atoms with van der Waals surface area (Å²) in [5.74, 6) is 0.267. The largest absolute Gasteiger partial charge is 0.311 e. The number of unbranched alkanes of at least 4 members (excludes halogenated alkanes) is 1. The van der Waals surface area contributed by atoms with Gasteiger partial charge < -0.3 is 4.90 Å². The number of thiophene rings is 1. The zero-order chi connectivity index (χ0) is 15.4. The van der Waals surface area contributed by atoms with Gasteiger partial charge in [-0.25, -0.2) is 0 Å². The van der Waals surface area contributed by atoms with Crippen molar-refractivity contribution in [3.05, 3.63) is 52.2 Å². The van der Waals surface area contributed by atoms with Crippen LogP contribution in [0.15, 0.2) is 41.8 Å². The molecule has 114 valence electrons. The average molecular weight is 313 g/mol. The first-order valence-corrected chi connectivity index (χ1v) is 8.58. The highest BCUT2D eigenvalue weighted by Gasteiger charge is 2.26. The molecule has 4 heteroatoms. The fraction of sp³-hybridized carbons (Fsp3) is 0.333. The number of amides is 1. The van der Waals surface area contributed by atoms with Crippen LogP contribution in [0.5, 0.6) is 0 Å². The Labute approximate surface area is 134 Å². The number of Topliss-reactive ketones (excluding diaryl/α,β-unsaturated/α-hetero) is 1. The molecule has 0 atom stereocenters. The maximum Gasteiger partial charge on any atom is 0.227 e. The highest BCUT2D eigenvalue weighted by molar-refractivity contribution is 7.09. The van der Waals surface area contributed by atoms with Crippen LogP contribution < -0.4 is 4.90 Å². The quantitative estimate of drug-likeness (QED) is 0.780. The summed E-state index contributed by atoms with van der Waals surface area (Å²) in [6.07, 6.45) is 3.94. The van der Waals surface area contributed by atoms with Crippen LogP contribution in [0.25, 0.3) is 0 Å². The zero-order valence-corrected chi connectivity index (χ0v) is 13.3. The Morgan fingerprint density at radius 1 is 1.14 bits per heavy atom. The summed E-state index contributed by atoms with van der Waals surface area (Å²) in [5.41, 5.74) is 1.46. The molecule has 1 aliphatic heterocycles. The van der Waals surface area contributed by atoms with Gasteiger partial charge in [0.25, 0.3) is 0 Å². The first-order chi connectivity index (χ1) is 10.8. The van der Waals surface area contributed by atoms with Gasteiger partial charge in [0.15, 0.2) is 5.78 Å². The number of aryl methyl sites for hydroxylation is 1. The number of para-hydroxylation sites is 1. The molecular formula is C18H19NO2S. The molecule has 22 heavy (non-hydrogen) atoms. The third kappa shape index (κ3) is 3.28. The number of carbonyl (C=O) groups excluding carboxylic acids is 2. The lowest BCUT2D eigenvalue weighted by atomic mass is 10.00. The van der Waals surface area contributed by atoms with E-state index in [0.29, 0.717) is 24.9 Å². The van der Waals surface area contributed by atoms with E-state index >= 15 is 0 Å². The lowest BCUT2D eigenvalue weighted by Crippen LogP contribution is -2.37. The van der Waals surface area contributed by atoms with Crippen LogP contribution in [0.3, 0.4) is 0 Å². The van der Waals surface area contributed by atoms with Crippen LogP contribution in [-0.4, -0.2) is 18.2 Å². The van der Waals surface area contributed by atoms with E-state index in [9.17, 15) is 9.59 Å². The SMILES string of the molecule is O=C1CCN(C(=O)CCCCc2cccs2)c2ccccc21. The molecule has 1 amide bonds. The van der Waals surface area contributed by atoms with E-state index in [4.69, 9.17) is 0 Å². The second kappa shape index (κ2) is 6.88. The Bertz CT molecular complexity index is 663. The van der Waals surface area contributed by atoms with Crippen molar-refractivity contribution in [1.82, 2.24) is 0 Å². The van der Waals surface area contributed by atoms with Crippen molar-refractivity contribution < 1.29 is 9.59 Å². The van der Waals surface area contributed by atoms with Crippen LogP contribution in [0, 0.1) is 0 Å². The van der Waals surface area contributed by atoms with Crippen molar-refractivity contribution in [2.75, 3.05) is 11.4 Å². The molecule has 0 aliphatic carbocycles. The third-order valence-corrected chi connectivity index (χ3v) is 4.94. The predicted molar refractivity (Wildman–Crippen MR) is 89.6 cm³/mol. The van der Waals surface area contributed by atoms with Crippen LogP contribution >= 0.6 is 11.3 Å². The highest BCUT2D eigenvalue weighted by atomic mass is 32.1. The van der Waals surface area contributed by atoms with Crippen molar-refractivity contribution in [3.63, 3.8) is 0 Å². The van der Waals surface area contributed by atoms with Gasteiger partial charge in [-0.15, -0.1) is 11.3 Å². The minimum absolute atomic E-state index is 0.131. The highest BCUT2D eigenvalue weighted by Crippen LogP contribution is 2.27. The minimum atomic E-state index is 0.131. The van der Waals surface area contributed by atoms with E-state index in [1.807, 2.05) is 24.3 Å². The molecule has 1 aromatic carbocycles. The number of anilines is 1. The number of carbonyl (C=O) groups is 2. The maximum atomic E-state index is 12.4. The standard InChI is InChI=1S/C18H19NO2S/c20-17-11-12-19(16-9-3-2-8-15(16)17)18(21)10-4-1-6-14-7-5-13-22-14/h2-3,5,7-9,13H,1,4,6,10-12H2. The van der Waals surface area contributed by atoms with Crippen molar-refractivity contribution in [3.8, 4) is 0 Å². The number of hydrogen-bond acceptors (Lipinski definition) is 3.